The van der Waals surface area contributed by atoms with E-state index in [-0.39, 0.29) is 72.9 Å². The summed E-state index contributed by atoms with van der Waals surface area (Å²) in [6.07, 6.45) is 4.92. The first-order valence-electron chi connectivity index (χ1n) is 16.8. The van der Waals surface area contributed by atoms with Crippen LogP contribution in [-0.4, -0.2) is 72.9 Å². The number of nitrogens with zero attached hydrogens (tertiary/aromatic N) is 2. The molecule has 6 atom stereocenters. The lowest BCUT2D eigenvalue weighted by Gasteiger charge is -2.23. The van der Waals surface area contributed by atoms with Crippen molar-refractivity contribution in [3.05, 3.63) is 102 Å². The van der Waals surface area contributed by atoms with Crippen molar-refractivity contribution in [1.82, 2.24) is 9.80 Å². The molecule has 0 spiro atoms. The first kappa shape index (κ1) is 34.0. The molecule has 7 rings (SSSR count). The molecule has 256 valence electrons. The molecule has 0 aromatic heterocycles. The summed E-state index contributed by atoms with van der Waals surface area (Å²) >= 11 is 0. The maximum absolute atomic E-state index is 12.6. The quantitative estimate of drug-likeness (QED) is 0.272. The Morgan fingerprint density at radius 1 is 0.708 bits per heavy atom. The van der Waals surface area contributed by atoms with E-state index in [1.54, 1.807) is 29.2 Å². The molecule has 1 N–H and O–H groups in total. The van der Waals surface area contributed by atoms with Gasteiger partial charge < -0.3 is 24.4 Å². The molecule has 4 bridgehead atoms. The summed E-state index contributed by atoms with van der Waals surface area (Å²) < 4.78 is 41.1. The molecule has 3 aromatic carbocycles. The minimum Gasteiger partial charge on any atom is -0.445 e. The SMILES string of the molecule is Cc1ccc(S(=O)(=O)OCC2CC3CCC2N3C(=O)OCc2ccccc2)cc1.O=C(OCc1ccccc1)N1C2CCC1C(CO)C2. The van der Waals surface area contributed by atoms with Crippen molar-refractivity contribution in [1.29, 1.82) is 0 Å². The molecular formula is C37H44N2O8S. The van der Waals surface area contributed by atoms with Gasteiger partial charge >= 0.3 is 12.2 Å². The Morgan fingerprint density at radius 2 is 1.19 bits per heavy atom. The molecule has 4 saturated heterocycles. The Balaban J connectivity index is 0.000000182. The van der Waals surface area contributed by atoms with E-state index in [9.17, 15) is 23.1 Å². The highest BCUT2D eigenvalue weighted by Crippen LogP contribution is 2.43. The van der Waals surface area contributed by atoms with Crippen LogP contribution in [0.15, 0.2) is 89.8 Å². The number of carbonyl (C=O) groups excluding carboxylic acids is 2. The maximum Gasteiger partial charge on any atom is 0.410 e. The molecule has 2 amide bonds. The summed E-state index contributed by atoms with van der Waals surface area (Å²) in [5.41, 5.74) is 2.93. The number of ether oxygens (including phenoxy) is 2. The maximum atomic E-state index is 12.6. The topological polar surface area (TPSA) is 123 Å². The molecule has 0 radical (unpaired) electrons. The Hall–Kier alpha value is -3.93. The second-order valence-electron chi connectivity index (χ2n) is 13.2. The van der Waals surface area contributed by atoms with Crippen LogP contribution in [0.2, 0.25) is 0 Å². The monoisotopic (exact) mass is 676 g/mol. The van der Waals surface area contributed by atoms with Gasteiger partial charge in [-0.25, -0.2) is 9.59 Å². The average Bonchev–Trinajstić information content (AvgIpc) is 3.90. The van der Waals surface area contributed by atoms with Crippen LogP contribution in [0.3, 0.4) is 0 Å². The van der Waals surface area contributed by atoms with E-state index in [2.05, 4.69) is 0 Å². The standard InChI is InChI=1S/C22H25NO5S.C15H19NO3/c1-16-7-10-20(11-8-16)29(25,26)28-15-18-13-19-9-12-21(18)23(19)22(24)27-14-17-5-3-2-4-6-17;17-9-12-8-13-6-7-14(12)16(13)15(18)19-10-11-4-2-1-3-5-11/h2-8,10-11,18-19,21H,9,12-15H2,1H3;1-5,12-14,17H,6-10H2. The van der Waals surface area contributed by atoms with Crippen molar-refractivity contribution in [2.75, 3.05) is 13.2 Å². The molecule has 0 saturated carbocycles. The van der Waals surface area contributed by atoms with Crippen LogP contribution < -0.4 is 0 Å². The number of carbonyl (C=O) groups is 2. The van der Waals surface area contributed by atoms with Gasteiger partial charge in [0.2, 0.25) is 0 Å². The summed E-state index contributed by atoms with van der Waals surface area (Å²) in [5.74, 6) is 0.237. The predicted octanol–water partition coefficient (Wildman–Crippen LogP) is 6.06. The largest absolute Gasteiger partial charge is 0.445 e. The van der Waals surface area contributed by atoms with Gasteiger partial charge in [-0.2, -0.15) is 8.42 Å². The lowest BCUT2D eigenvalue weighted by atomic mass is 9.90. The minimum absolute atomic E-state index is 0.00162. The third kappa shape index (κ3) is 7.69. The van der Waals surface area contributed by atoms with Crippen LogP contribution in [0.5, 0.6) is 0 Å². The zero-order valence-corrected chi connectivity index (χ0v) is 28.0. The molecule has 6 unspecified atom stereocenters. The predicted molar refractivity (Wildman–Crippen MR) is 178 cm³/mol. The Kier molecular flexibility index (Phi) is 10.7. The fourth-order valence-corrected chi connectivity index (χ4v) is 8.67. The third-order valence-corrected chi connectivity index (χ3v) is 11.4. The molecule has 3 aromatic rings. The van der Waals surface area contributed by atoms with Gasteiger partial charge in [-0.15, -0.1) is 0 Å². The Morgan fingerprint density at radius 3 is 1.67 bits per heavy atom. The van der Waals surface area contributed by atoms with Crippen LogP contribution in [-0.2, 0) is 37.0 Å². The van der Waals surface area contributed by atoms with Gasteiger partial charge in [0.15, 0.2) is 0 Å². The van der Waals surface area contributed by atoms with Gasteiger partial charge in [0.25, 0.3) is 10.1 Å². The summed E-state index contributed by atoms with van der Waals surface area (Å²) in [5, 5.41) is 9.32. The summed E-state index contributed by atoms with van der Waals surface area (Å²) in [6, 6.07) is 26.4. The Bertz CT molecular complexity index is 1640. The number of aryl methyl sites for hydroxylation is 1. The van der Waals surface area contributed by atoms with Gasteiger partial charge in [0, 0.05) is 42.6 Å². The van der Waals surface area contributed by atoms with Crippen molar-refractivity contribution in [2.45, 2.75) is 87.7 Å². The molecule has 4 aliphatic rings. The van der Waals surface area contributed by atoms with Crippen molar-refractivity contribution < 1.29 is 36.8 Å². The zero-order valence-electron chi connectivity index (χ0n) is 27.2. The number of benzene rings is 3. The number of hydrogen-bond donors (Lipinski definition) is 1. The fraction of sp³-hybridized carbons (Fsp3) is 0.459. The van der Waals surface area contributed by atoms with Crippen LogP contribution in [0.25, 0.3) is 0 Å². The van der Waals surface area contributed by atoms with Crippen molar-refractivity contribution in [2.24, 2.45) is 11.8 Å². The van der Waals surface area contributed by atoms with Crippen LogP contribution in [0.4, 0.5) is 9.59 Å². The highest BCUT2D eigenvalue weighted by Gasteiger charge is 2.50. The molecule has 4 heterocycles. The number of aliphatic hydroxyl groups is 1. The van der Waals surface area contributed by atoms with Crippen LogP contribution in [0.1, 0.15) is 55.2 Å². The minimum atomic E-state index is -3.80. The normalized spacial score (nSPS) is 25.5. The second-order valence-corrected chi connectivity index (χ2v) is 14.8. The number of aliphatic hydroxyl groups excluding tert-OH is 1. The molecule has 0 aliphatic carbocycles. The smallest absolute Gasteiger partial charge is 0.410 e. The summed E-state index contributed by atoms with van der Waals surface area (Å²) in [6.45, 7) is 2.71. The van der Waals surface area contributed by atoms with Gasteiger partial charge in [-0.1, -0.05) is 78.4 Å². The number of amides is 2. The Labute approximate surface area is 282 Å². The zero-order chi connectivity index (χ0) is 33.7. The number of rotatable bonds is 9. The first-order chi connectivity index (χ1) is 23.2. The number of hydrogen-bond acceptors (Lipinski definition) is 8. The van der Waals surface area contributed by atoms with Crippen molar-refractivity contribution in [3.8, 4) is 0 Å². The highest BCUT2D eigenvalue weighted by atomic mass is 32.2. The van der Waals surface area contributed by atoms with Gasteiger partial charge in [0.1, 0.15) is 13.2 Å². The van der Waals surface area contributed by atoms with Gasteiger partial charge in [-0.3, -0.25) is 4.18 Å². The molecule has 10 nitrogen and oxygen atoms in total. The molecule has 48 heavy (non-hydrogen) atoms. The molecule has 11 heteroatoms. The van der Waals surface area contributed by atoms with Gasteiger partial charge in [-0.05, 0) is 68.7 Å². The van der Waals surface area contributed by atoms with Crippen molar-refractivity contribution >= 4 is 22.3 Å². The highest BCUT2D eigenvalue weighted by molar-refractivity contribution is 7.86. The average molecular weight is 677 g/mol. The van der Waals surface area contributed by atoms with Crippen LogP contribution in [0, 0.1) is 18.8 Å². The van der Waals surface area contributed by atoms with E-state index >= 15 is 0 Å². The first-order valence-corrected chi connectivity index (χ1v) is 18.2. The number of fused-ring (bicyclic) bond motifs is 4. The summed E-state index contributed by atoms with van der Waals surface area (Å²) in [4.78, 5) is 28.6. The van der Waals surface area contributed by atoms with Crippen molar-refractivity contribution in [3.63, 3.8) is 0 Å². The summed E-state index contributed by atoms with van der Waals surface area (Å²) in [7, 11) is -3.80. The molecule has 4 fully saturated rings. The lowest BCUT2D eigenvalue weighted by molar-refractivity contribution is 0.0853. The lowest BCUT2D eigenvalue weighted by Crippen LogP contribution is -2.37. The third-order valence-electron chi connectivity index (χ3n) is 10.1. The van der Waals surface area contributed by atoms with Crippen LogP contribution >= 0.6 is 0 Å². The van der Waals surface area contributed by atoms with Gasteiger partial charge in [0.05, 0.1) is 11.5 Å². The molecule has 4 aliphatic heterocycles. The fourth-order valence-electron chi connectivity index (χ4n) is 7.71. The second kappa shape index (κ2) is 15.1. The molecular weight excluding hydrogens is 632 g/mol. The van der Waals surface area contributed by atoms with E-state index in [0.29, 0.717) is 6.61 Å². The van der Waals surface area contributed by atoms with E-state index in [4.69, 9.17) is 13.7 Å². The van der Waals surface area contributed by atoms with E-state index < -0.39 is 10.1 Å². The van der Waals surface area contributed by atoms with E-state index in [0.717, 1.165) is 55.2 Å². The van der Waals surface area contributed by atoms with E-state index in [1.807, 2.05) is 72.5 Å². The van der Waals surface area contributed by atoms with E-state index in [1.165, 1.54) is 0 Å².